The second-order valence-electron chi connectivity index (χ2n) is 6.83. The fourth-order valence-corrected chi connectivity index (χ4v) is 4.03. The number of aromatic nitrogens is 2. The topological polar surface area (TPSA) is 38.1 Å². The second kappa shape index (κ2) is 4.88. The Morgan fingerprint density at radius 2 is 1.90 bits per heavy atom. The van der Waals surface area contributed by atoms with Crippen LogP contribution in [0.15, 0.2) is 24.3 Å². The minimum atomic E-state index is -0.591. The number of benzene rings is 1. The first-order valence-electron chi connectivity index (χ1n) is 7.59. The molecule has 1 saturated carbocycles. The number of hydrogen-bond acceptors (Lipinski definition) is 2. The van der Waals surface area contributed by atoms with Crippen LogP contribution < -0.4 is 0 Å². The van der Waals surface area contributed by atoms with Crippen molar-refractivity contribution in [2.24, 2.45) is 18.9 Å². The molecule has 1 fully saturated rings. The lowest BCUT2D eigenvalue weighted by molar-refractivity contribution is -0.0322. The molecule has 0 radical (unpaired) electrons. The Bertz CT molecular complexity index is 606. The Kier molecular flexibility index (Phi) is 3.33. The average molecular weight is 272 g/mol. The van der Waals surface area contributed by atoms with Gasteiger partial charge in [-0.05, 0) is 43.2 Å². The van der Waals surface area contributed by atoms with E-state index in [9.17, 15) is 5.11 Å². The van der Waals surface area contributed by atoms with Crippen molar-refractivity contribution in [2.45, 2.75) is 45.1 Å². The van der Waals surface area contributed by atoms with Crippen LogP contribution >= 0.6 is 0 Å². The lowest BCUT2D eigenvalue weighted by Crippen LogP contribution is -2.40. The van der Waals surface area contributed by atoms with Gasteiger partial charge in [0.2, 0.25) is 0 Å². The maximum absolute atomic E-state index is 11.0. The van der Waals surface area contributed by atoms with Crippen LogP contribution in [0, 0.1) is 11.8 Å². The lowest BCUT2D eigenvalue weighted by atomic mass is 9.72. The van der Waals surface area contributed by atoms with Crippen LogP contribution in [-0.4, -0.2) is 20.3 Å². The van der Waals surface area contributed by atoms with Gasteiger partial charge in [-0.3, -0.25) is 0 Å². The molecule has 3 nitrogen and oxygen atoms in total. The van der Waals surface area contributed by atoms with Gasteiger partial charge in [0, 0.05) is 13.5 Å². The van der Waals surface area contributed by atoms with Gasteiger partial charge in [-0.15, -0.1) is 0 Å². The van der Waals surface area contributed by atoms with E-state index in [4.69, 9.17) is 4.98 Å². The Hall–Kier alpha value is -1.35. The smallest absolute Gasteiger partial charge is 0.112 e. The number of aryl methyl sites for hydroxylation is 1. The molecule has 1 heterocycles. The summed E-state index contributed by atoms with van der Waals surface area (Å²) < 4.78 is 2.12. The van der Waals surface area contributed by atoms with E-state index in [1.165, 1.54) is 6.42 Å². The summed E-state index contributed by atoms with van der Waals surface area (Å²) >= 11 is 0. The molecular formula is C17H24N2O. The van der Waals surface area contributed by atoms with Gasteiger partial charge >= 0.3 is 0 Å². The van der Waals surface area contributed by atoms with Crippen molar-refractivity contribution < 1.29 is 5.11 Å². The SMILES string of the molecule is CC1CC(C)CC(O)(Cc2nc3ccccc3n2C)C1. The molecule has 1 aliphatic carbocycles. The first-order chi connectivity index (χ1) is 9.47. The van der Waals surface area contributed by atoms with Crippen LogP contribution in [0.25, 0.3) is 11.0 Å². The van der Waals surface area contributed by atoms with E-state index in [2.05, 4.69) is 24.5 Å². The zero-order chi connectivity index (χ0) is 14.3. The molecule has 0 saturated heterocycles. The van der Waals surface area contributed by atoms with Crippen LogP contribution in [0.4, 0.5) is 0 Å². The first kappa shape index (κ1) is 13.6. The Balaban J connectivity index is 1.90. The first-order valence-corrected chi connectivity index (χ1v) is 7.59. The molecule has 0 spiro atoms. The fraction of sp³-hybridized carbons (Fsp3) is 0.588. The predicted octanol–water partition coefficient (Wildman–Crippen LogP) is 3.30. The molecule has 20 heavy (non-hydrogen) atoms. The van der Waals surface area contributed by atoms with Gasteiger partial charge in [0.05, 0.1) is 16.6 Å². The molecule has 1 N–H and O–H groups in total. The van der Waals surface area contributed by atoms with Crippen molar-refractivity contribution in [3.63, 3.8) is 0 Å². The quantitative estimate of drug-likeness (QED) is 0.911. The van der Waals surface area contributed by atoms with E-state index >= 15 is 0 Å². The van der Waals surface area contributed by atoms with Crippen LogP contribution in [0.2, 0.25) is 0 Å². The van der Waals surface area contributed by atoms with Gasteiger partial charge in [0.15, 0.2) is 0 Å². The van der Waals surface area contributed by atoms with Gasteiger partial charge in [-0.25, -0.2) is 4.98 Å². The van der Waals surface area contributed by atoms with Gasteiger partial charge in [-0.1, -0.05) is 26.0 Å². The summed E-state index contributed by atoms with van der Waals surface area (Å²) in [6.45, 7) is 4.49. The van der Waals surface area contributed by atoms with E-state index < -0.39 is 5.60 Å². The van der Waals surface area contributed by atoms with Crippen LogP contribution in [0.3, 0.4) is 0 Å². The highest BCUT2D eigenvalue weighted by Crippen LogP contribution is 2.38. The molecule has 1 aromatic heterocycles. The maximum Gasteiger partial charge on any atom is 0.112 e. The number of fused-ring (bicyclic) bond motifs is 1. The zero-order valence-corrected chi connectivity index (χ0v) is 12.6. The molecule has 0 amide bonds. The van der Waals surface area contributed by atoms with Crippen LogP contribution in [0.5, 0.6) is 0 Å². The second-order valence-corrected chi connectivity index (χ2v) is 6.83. The van der Waals surface area contributed by atoms with Crippen molar-refractivity contribution in [3.8, 4) is 0 Å². The van der Waals surface area contributed by atoms with E-state index in [-0.39, 0.29) is 0 Å². The number of aliphatic hydroxyl groups is 1. The summed E-state index contributed by atoms with van der Waals surface area (Å²) in [4.78, 5) is 4.70. The van der Waals surface area contributed by atoms with E-state index in [0.29, 0.717) is 18.3 Å². The molecule has 0 aliphatic heterocycles. The fourth-order valence-electron chi connectivity index (χ4n) is 4.03. The Morgan fingerprint density at radius 3 is 2.55 bits per heavy atom. The van der Waals surface area contributed by atoms with Crippen molar-refractivity contribution in [2.75, 3.05) is 0 Å². The number of hydrogen-bond donors (Lipinski definition) is 1. The third kappa shape index (κ3) is 2.47. The minimum absolute atomic E-state index is 0.591. The van der Waals surface area contributed by atoms with Gasteiger partial charge < -0.3 is 9.67 Å². The molecular weight excluding hydrogens is 248 g/mol. The zero-order valence-electron chi connectivity index (χ0n) is 12.6. The summed E-state index contributed by atoms with van der Waals surface area (Å²) in [5.41, 5.74) is 1.57. The van der Waals surface area contributed by atoms with Crippen LogP contribution in [-0.2, 0) is 13.5 Å². The molecule has 3 heteroatoms. The highest BCUT2D eigenvalue weighted by Gasteiger charge is 2.37. The predicted molar refractivity (Wildman–Crippen MR) is 81.5 cm³/mol. The van der Waals surface area contributed by atoms with Gasteiger partial charge in [0.25, 0.3) is 0 Å². The van der Waals surface area contributed by atoms with E-state index in [1.54, 1.807) is 0 Å². The highest BCUT2D eigenvalue weighted by atomic mass is 16.3. The molecule has 108 valence electrons. The molecule has 1 aromatic carbocycles. The third-order valence-corrected chi connectivity index (χ3v) is 4.63. The summed E-state index contributed by atoms with van der Waals surface area (Å²) in [6, 6.07) is 8.17. The normalized spacial score (nSPS) is 30.8. The maximum atomic E-state index is 11.0. The number of imidazole rings is 1. The largest absolute Gasteiger partial charge is 0.389 e. The average Bonchev–Trinajstić information content (AvgIpc) is 2.64. The van der Waals surface area contributed by atoms with Gasteiger partial charge in [0.1, 0.15) is 5.82 Å². The molecule has 1 aliphatic rings. The molecule has 3 rings (SSSR count). The van der Waals surface area contributed by atoms with Crippen molar-refractivity contribution in [3.05, 3.63) is 30.1 Å². The minimum Gasteiger partial charge on any atom is -0.389 e. The number of nitrogens with zero attached hydrogens (tertiary/aromatic N) is 2. The summed E-state index contributed by atoms with van der Waals surface area (Å²) in [6.07, 6.45) is 3.67. The summed E-state index contributed by atoms with van der Waals surface area (Å²) in [5, 5.41) is 11.0. The van der Waals surface area contributed by atoms with E-state index in [1.807, 2.05) is 25.2 Å². The molecule has 2 unspecified atom stereocenters. The standard InChI is InChI=1S/C17H24N2O/c1-12-8-13(2)10-17(20,9-12)11-16-18-14-6-4-5-7-15(14)19(16)3/h4-7,12-13,20H,8-11H2,1-3H3. The Morgan fingerprint density at radius 1 is 1.25 bits per heavy atom. The van der Waals surface area contributed by atoms with Crippen LogP contribution in [0.1, 0.15) is 38.9 Å². The number of rotatable bonds is 2. The molecule has 2 aromatic rings. The lowest BCUT2D eigenvalue weighted by Gasteiger charge is -2.38. The Labute approximate surface area is 120 Å². The van der Waals surface area contributed by atoms with Gasteiger partial charge in [-0.2, -0.15) is 0 Å². The summed E-state index contributed by atoms with van der Waals surface area (Å²) in [7, 11) is 2.05. The van der Waals surface area contributed by atoms with E-state index in [0.717, 1.165) is 29.7 Å². The highest BCUT2D eigenvalue weighted by molar-refractivity contribution is 5.75. The summed E-state index contributed by atoms with van der Waals surface area (Å²) in [5.74, 6) is 2.19. The third-order valence-electron chi connectivity index (χ3n) is 4.63. The van der Waals surface area contributed by atoms with Crippen molar-refractivity contribution in [1.29, 1.82) is 0 Å². The number of para-hydroxylation sites is 2. The molecule has 0 bridgehead atoms. The monoisotopic (exact) mass is 272 g/mol. The van der Waals surface area contributed by atoms with Crippen molar-refractivity contribution >= 4 is 11.0 Å². The van der Waals surface area contributed by atoms with Crippen molar-refractivity contribution in [1.82, 2.24) is 9.55 Å². The molecule has 2 atom stereocenters.